The third-order valence-corrected chi connectivity index (χ3v) is 1.90. The van der Waals surface area contributed by atoms with Crippen molar-refractivity contribution in [1.82, 2.24) is 5.32 Å². The van der Waals surface area contributed by atoms with E-state index >= 15 is 0 Å². The van der Waals surface area contributed by atoms with E-state index in [0.717, 1.165) is 0 Å². The Balaban J connectivity index is 3.04. The van der Waals surface area contributed by atoms with Crippen molar-refractivity contribution in [3.05, 3.63) is 29.8 Å². The molecule has 0 amide bonds. The molecule has 4 heteroatoms. The summed E-state index contributed by atoms with van der Waals surface area (Å²) in [5, 5.41) is 2.45. The molecule has 0 spiro atoms. The number of hydrogen-bond acceptors (Lipinski definition) is 2. The molecule has 2 nitrogen and oxygen atoms in total. The molecule has 0 aliphatic heterocycles. The summed E-state index contributed by atoms with van der Waals surface area (Å²) >= 11 is 0. The van der Waals surface area contributed by atoms with E-state index in [1.807, 2.05) is 0 Å². The summed E-state index contributed by atoms with van der Waals surface area (Å²) in [5.41, 5.74) is -0.0862. The predicted molar refractivity (Wildman–Crippen MR) is 50.8 cm³/mol. The number of rotatable bonds is 4. The molecule has 14 heavy (non-hydrogen) atoms. The number of methoxy groups -OCH3 is 1. The van der Waals surface area contributed by atoms with E-state index in [-0.39, 0.29) is 11.3 Å². The van der Waals surface area contributed by atoms with Crippen LogP contribution in [0.5, 0.6) is 5.75 Å². The Bertz CT molecular complexity index is 302. The predicted octanol–water partition coefficient (Wildman–Crippen LogP) is 2.01. The molecular formula is C10H13F2NO. The van der Waals surface area contributed by atoms with Gasteiger partial charge in [0.2, 0.25) is 0 Å². The Hall–Kier alpha value is -1.16. The number of likely N-dealkylation sites (N-methyl/N-ethyl adjacent to an activating group) is 1. The first-order valence-electron chi connectivity index (χ1n) is 4.27. The Labute approximate surface area is 81.9 Å². The van der Waals surface area contributed by atoms with Crippen LogP contribution in [-0.4, -0.2) is 20.7 Å². The standard InChI is InChI=1S/C10H13F2NO/c1-13-7-10(11,12)8-5-3-4-6-9(8)14-2/h3-6,13H,7H2,1-2H3. The van der Waals surface area contributed by atoms with E-state index in [1.165, 1.54) is 26.3 Å². The maximum atomic E-state index is 13.5. The van der Waals surface area contributed by atoms with Gasteiger partial charge in [0.05, 0.1) is 19.2 Å². The highest BCUT2D eigenvalue weighted by Gasteiger charge is 2.33. The van der Waals surface area contributed by atoms with E-state index < -0.39 is 12.5 Å². The molecule has 0 atom stereocenters. The quantitative estimate of drug-likeness (QED) is 0.804. The first kappa shape index (κ1) is 10.9. The van der Waals surface area contributed by atoms with Crippen LogP contribution >= 0.6 is 0 Å². The van der Waals surface area contributed by atoms with Gasteiger partial charge in [-0.1, -0.05) is 12.1 Å². The smallest absolute Gasteiger partial charge is 0.288 e. The lowest BCUT2D eigenvalue weighted by molar-refractivity contribution is -0.00340. The van der Waals surface area contributed by atoms with Crippen LogP contribution in [0.25, 0.3) is 0 Å². The lowest BCUT2D eigenvalue weighted by Gasteiger charge is -2.18. The Morgan fingerprint density at radius 3 is 2.57 bits per heavy atom. The second kappa shape index (κ2) is 4.37. The van der Waals surface area contributed by atoms with E-state index in [4.69, 9.17) is 4.74 Å². The van der Waals surface area contributed by atoms with Gasteiger partial charge in [-0.15, -0.1) is 0 Å². The molecule has 0 aliphatic rings. The number of ether oxygens (including phenoxy) is 1. The fraction of sp³-hybridized carbons (Fsp3) is 0.400. The van der Waals surface area contributed by atoms with Crippen LogP contribution in [0.1, 0.15) is 5.56 Å². The molecule has 1 aromatic carbocycles. The van der Waals surface area contributed by atoms with Gasteiger partial charge in [0, 0.05) is 0 Å². The lowest BCUT2D eigenvalue weighted by atomic mass is 10.1. The maximum Gasteiger partial charge on any atom is 0.288 e. The van der Waals surface area contributed by atoms with Gasteiger partial charge in [-0.2, -0.15) is 8.78 Å². The second-order valence-corrected chi connectivity index (χ2v) is 2.94. The molecule has 0 aliphatic carbocycles. The molecule has 1 rings (SSSR count). The molecule has 0 fully saturated rings. The highest BCUT2D eigenvalue weighted by molar-refractivity contribution is 5.36. The minimum absolute atomic E-state index is 0.0862. The molecule has 78 valence electrons. The molecule has 0 saturated carbocycles. The summed E-state index contributed by atoms with van der Waals surface area (Å²) < 4.78 is 31.8. The van der Waals surface area contributed by atoms with Crippen molar-refractivity contribution < 1.29 is 13.5 Å². The zero-order valence-corrected chi connectivity index (χ0v) is 8.18. The molecule has 0 saturated heterocycles. The van der Waals surface area contributed by atoms with Crippen LogP contribution in [0, 0.1) is 0 Å². The topological polar surface area (TPSA) is 21.3 Å². The number of benzene rings is 1. The number of alkyl halides is 2. The van der Waals surface area contributed by atoms with Crippen LogP contribution in [0.3, 0.4) is 0 Å². The molecule has 0 radical (unpaired) electrons. The van der Waals surface area contributed by atoms with E-state index in [9.17, 15) is 8.78 Å². The number of nitrogens with one attached hydrogen (secondary N) is 1. The van der Waals surface area contributed by atoms with Crippen molar-refractivity contribution in [3.63, 3.8) is 0 Å². The van der Waals surface area contributed by atoms with Crippen molar-refractivity contribution in [1.29, 1.82) is 0 Å². The van der Waals surface area contributed by atoms with Crippen LogP contribution < -0.4 is 10.1 Å². The molecule has 1 N–H and O–H groups in total. The van der Waals surface area contributed by atoms with Crippen molar-refractivity contribution in [3.8, 4) is 5.75 Å². The molecule has 0 heterocycles. The summed E-state index contributed by atoms with van der Waals surface area (Å²) in [6.07, 6.45) is 0. The number of para-hydroxylation sites is 1. The summed E-state index contributed by atoms with van der Waals surface area (Å²) in [4.78, 5) is 0. The van der Waals surface area contributed by atoms with E-state index in [2.05, 4.69) is 5.32 Å². The van der Waals surface area contributed by atoms with Crippen LogP contribution in [0.2, 0.25) is 0 Å². The van der Waals surface area contributed by atoms with Gasteiger partial charge in [-0.25, -0.2) is 0 Å². The summed E-state index contributed by atoms with van der Waals surface area (Å²) in [5.74, 6) is -2.69. The first-order chi connectivity index (χ1) is 6.61. The van der Waals surface area contributed by atoms with Crippen molar-refractivity contribution in [2.75, 3.05) is 20.7 Å². The molecule has 0 unspecified atom stereocenters. The average Bonchev–Trinajstić information content (AvgIpc) is 2.18. The normalized spacial score (nSPS) is 11.4. The third-order valence-electron chi connectivity index (χ3n) is 1.90. The Morgan fingerprint density at radius 1 is 1.36 bits per heavy atom. The maximum absolute atomic E-state index is 13.5. The SMILES string of the molecule is CNCC(F)(F)c1ccccc1OC. The summed E-state index contributed by atoms with van der Waals surface area (Å²) in [7, 11) is 2.87. The van der Waals surface area contributed by atoms with E-state index in [1.54, 1.807) is 12.1 Å². The lowest BCUT2D eigenvalue weighted by Crippen LogP contribution is -2.28. The molecule has 1 aromatic rings. The zero-order chi connectivity index (χ0) is 10.6. The largest absolute Gasteiger partial charge is 0.496 e. The van der Waals surface area contributed by atoms with Gasteiger partial charge in [0.25, 0.3) is 5.92 Å². The fourth-order valence-corrected chi connectivity index (χ4v) is 1.26. The summed E-state index contributed by atoms with van der Waals surface area (Å²) in [6, 6.07) is 6.13. The monoisotopic (exact) mass is 201 g/mol. The van der Waals surface area contributed by atoms with Gasteiger partial charge >= 0.3 is 0 Å². The summed E-state index contributed by atoms with van der Waals surface area (Å²) in [6.45, 7) is -0.395. The van der Waals surface area contributed by atoms with E-state index in [0.29, 0.717) is 0 Å². The second-order valence-electron chi connectivity index (χ2n) is 2.94. The zero-order valence-electron chi connectivity index (χ0n) is 8.18. The third kappa shape index (κ3) is 2.20. The van der Waals surface area contributed by atoms with Crippen LogP contribution in [-0.2, 0) is 5.92 Å². The highest BCUT2D eigenvalue weighted by atomic mass is 19.3. The van der Waals surface area contributed by atoms with Crippen LogP contribution in [0.15, 0.2) is 24.3 Å². The Morgan fingerprint density at radius 2 is 2.00 bits per heavy atom. The van der Waals surface area contributed by atoms with Crippen molar-refractivity contribution >= 4 is 0 Å². The van der Waals surface area contributed by atoms with Crippen LogP contribution in [0.4, 0.5) is 8.78 Å². The minimum Gasteiger partial charge on any atom is -0.496 e. The number of halogens is 2. The van der Waals surface area contributed by atoms with Gasteiger partial charge in [-0.3, -0.25) is 0 Å². The van der Waals surface area contributed by atoms with Crippen molar-refractivity contribution in [2.24, 2.45) is 0 Å². The van der Waals surface area contributed by atoms with Gasteiger partial charge < -0.3 is 10.1 Å². The molecule has 0 aromatic heterocycles. The molecular weight excluding hydrogens is 188 g/mol. The van der Waals surface area contributed by atoms with Gasteiger partial charge in [0.1, 0.15) is 5.75 Å². The number of hydrogen-bond donors (Lipinski definition) is 1. The minimum atomic E-state index is -2.90. The highest BCUT2D eigenvalue weighted by Crippen LogP contribution is 2.33. The average molecular weight is 201 g/mol. The van der Waals surface area contributed by atoms with Crippen molar-refractivity contribution in [2.45, 2.75) is 5.92 Å². The Kier molecular flexibility index (Phi) is 3.41. The molecule has 0 bridgehead atoms. The van der Waals surface area contributed by atoms with Gasteiger partial charge in [0.15, 0.2) is 0 Å². The fourth-order valence-electron chi connectivity index (χ4n) is 1.26. The van der Waals surface area contributed by atoms with Gasteiger partial charge in [-0.05, 0) is 19.2 Å². The first-order valence-corrected chi connectivity index (χ1v) is 4.27.